The molecule has 0 saturated carbocycles. The molecule has 1 saturated heterocycles. The molecule has 1 aliphatic rings. The summed E-state index contributed by atoms with van der Waals surface area (Å²) in [5, 5.41) is 2.99. The molecule has 0 spiro atoms. The third-order valence-electron chi connectivity index (χ3n) is 3.20. The van der Waals surface area contributed by atoms with Crippen molar-refractivity contribution in [1.82, 2.24) is 9.62 Å². The lowest BCUT2D eigenvalue weighted by molar-refractivity contribution is 0.430. The van der Waals surface area contributed by atoms with Gasteiger partial charge in [-0.1, -0.05) is 0 Å². The topological polar surface area (TPSA) is 83.6 Å². The molecule has 0 aliphatic carbocycles. The quantitative estimate of drug-likeness (QED) is 0.848. The van der Waals surface area contributed by atoms with Crippen LogP contribution in [0.5, 0.6) is 0 Å². The molecule has 1 aromatic rings. The van der Waals surface area contributed by atoms with Crippen LogP contribution in [-0.2, 0) is 26.4 Å². The van der Waals surface area contributed by atoms with Gasteiger partial charge >= 0.3 is 0 Å². The zero-order chi connectivity index (χ0) is 15.0. The second kappa shape index (κ2) is 5.72. The van der Waals surface area contributed by atoms with Crippen molar-refractivity contribution in [3.8, 4) is 0 Å². The molecule has 20 heavy (non-hydrogen) atoms. The number of rotatable bonds is 4. The molecule has 6 nitrogen and oxygen atoms in total. The lowest BCUT2D eigenvalue weighted by atomic mass is 10.4. The largest absolute Gasteiger partial charge is 0.315 e. The average Bonchev–Trinajstić information content (AvgIpc) is 2.71. The van der Waals surface area contributed by atoms with Gasteiger partial charge in [-0.2, -0.15) is 4.31 Å². The minimum Gasteiger partial charge on any atom is -0.315 e. The van der Waals surface area contributed by atoms with Gasteiger partial charge in [-0.25, -0.2) is 16.8 Å². The van der Waals surface area contributed by atoms with Crippen LogP contribution in [0.4, 0.5) is 0 Å². The molecule has 1 aromatic heterocycles. The molecule has 0 amide bonds. The highest BCUT2D eigenvalue weighted by atomic mass is 32.2. The Morgan fingerprint density at radius 3 is 2.50 bits per heavy atom. The van der Waals surface area contributed by atoms with Crippen LogP contribution in [0.25, 0.3) is 0 Å². The van der Waals surface area contributed by atoms with Gasteiger partial charge in [0.2, 0.25) is 10.0 Å². The van der Waals surface area contributed by atoms with Gasteiger partial charge in [0.1, 0.15) is 0 Å². The van der Waals surface area contributed by atoms with E-state index in [4.69, 9.17) is 0 Å². The summed E-state index contributed by atoms with van der Waals surface area (Å²) in [4.78, 5) is 1.99. The Morgan fingerprint density at radius 1 is 1.35 bits per heavy atom. The summed E-state index contributed by atoms with van der Waals surface area (Å²) < 4.78 is 49.2. The molecule has 0 aromatic carbocycles. The number of sulfone groups is 1. The standard InChI is InChI=1S/C11H18N2O4S3/c1-9-11(7-10(18-9)8-12-2)20(16,17)13-3-5-19(14,15)6-4-13/h7,12H,3-6,8H2,1-2H3. The first-order valence-corrected chi connectivity index (χ1v) is 10.3. The molecular formula is C11H18N2O4S3. The predicted molar refractivity (Wildman–Crippen MR) is 79.2 cm³/mol. The number of sulfonamides is 1. The summed E-state index contributed by atoms with van der Waals surface area (Å²) in [5.41, 5.74) is 0. The van der Waals surface area contributed by atoms with Crippen molar-refractivity contribution in [2.75, 3.05) is 31.6 Å². The molecule has 1 fully saturated rings. The Hall–Kier alpha value is -0.480. The molecule has 114 valence electrons. The van der Waals surface area contributed by atoms with E-state index >= 15 is 0 Å². The predicted octanol–water partition coefficient (Wildman–Crippen LogP) is 0.195. The fourth-order valence-corrected chi connectivity index (χ4v) is 6.61. The van der Waals surface area contributed by atoms with Gasteiger partial charge in [-0.3, -0.25) is 0 Å². The van der Waals surface area contributed by atoms with Crippen LogP contribution in [-0.4, -0.2) is 52.8 Å². The fraction of sp³-hybridized carbons (Fsp3) is 0.636. The Kier molecular flexibility index (Phi) is 4.55. The second-order valence-electron chi connectivity index (χ2n) is 4.72. The molecule has 0 unspecified atom stereocenters. The van der Waals surface area contributed by atoms with Gasteiger partial charge in [-0.15, -0.1) is 11.3 Å². The van der Waals surface area contributed by atoms with Crippen molar-refractivity contribution in [1.29, 1.82) is 0 Å². The highest BCUT2D eigenvalue weighted by molar-refractivity contribution is 7.92. The molecule has 1 N–H and O–H groups in total. The molecule has 1 aliphatic heterocycles. The number of nitrogens with zero attached hydrogens (tertiary/aromatic N) is 1. The Morgan fingerprint density at radius 2 is 1.95 bits per heavy atom. The zero-order valence-corrected chi connectivity index (χ0v) is 13.9. The number of thiophene rings is 1. The molecule has 0 bridgehead atoms. The van der Waals surface area contributed by atoms with Crippen LogP contribution >= 0.6 is 11.3 Å². The van der Waals surface area contributed by atoms with E-state index in [1.54, 1.807) is 20.0 Å². The van der Waals surface area contributed by atoms with Gasteiger partial charge in [0.05, 0.1) is 16.4 Å². The number of nitrogens with one attached hydrogen (secondary N) is 1. The molecule has 2 heterocycles. The zero-order valence-electron chi connectivity index (χ0n) is 11.4. The number of hydrogen-bond donors (Lipinski definition) is 1. The third-order valence-corrected chi connectivity index (χ3v) is 8.01. The van der Waals surface area contributed by atoms with Gasteiger partial charge < -0.3 is 5.32 Å². The summed E-state index contributed by atoms with van der Waals surface area (Å²) in [6, 6.07) is 1.68. The van der Waals surface area contributed by atoms with Crippen LogP contribution in [0.2, 0.25) is 0 Å². The maximum atomic E-state index is 12.6. The first-order valence-electron chi connectivity index (χ1n) is 6.21. The summed E-state index contributed by atoms with van der Waals surface area (Å²) in [6.45, 7) is 2.48. The van der Waals surface area contributed by atoms with E-state index in [1.807, 2.05) is 0 Å². The van der Waals surface area contributed by atoms with Crippen molar-refractivity contribution >= 4 is 31.2 Å². The van der Waals surface area contributed by atoms with E-state index in [2.05, 4.69) is 5.32 Å². The molecule has 0 atom stereocenters. The Bertz CT molecular complexity index is 677. The first-order chi connectivity index (χ1) is 9.26. The van der Waals surface area contributed by atoms with E-state index in [1.165, 1.54) is 15.6 Å². The van der Waals surface area contributed by atoms with Crippen molar-refractivity contribution in [3.05, 3.63) is 15.8 Å². The van der Waals surface area contributed by atoms with Gasteiger partial charge in [0.15, 0.2) is 9.84 Å². The van der Waals surface area contributed by atoms with Crippen LogP contribution in [0.15, 0.2) is 11.0 Å². The summed E-state index contributed by atoms with van der Waals surface area (Å²) in [6.07, 6.45) is 0. The van der Waals surface area contributed by atoms with Gasteiger partial charge in [-0.05, 0) is 20.0 Å². The van der Waals surface area contributed by atoms with Gasteiger partial charge in [0, 0.05) is 29.4 Å². The minimum absolute atomic E-state index is 0.0430. The first kappa shape index (κ1) is 15.9. The van der Waals surface area contributed by atoms with Crippen molar-refractivity contribution in [2.24, 2.45) is 0 Å². The van der Waals surface area contributed by atoms with Crippen LogP contribution in [0.1, 0.15) is 9.75 Å². The lowest BCUT2D eigenvalue weighted by Gasteiger charge is -2.25. The lowest BCUT2D eigenvalue weighted by Crippen LogP contribution is -2.43. The van der Waals surface area contributed by atoms with Crippen LogP contribution < -0.4 is 5.32 Å². The van der Waals surface area contributed by atoms with Crippen molar-refractivity contribution in [2.45, 2.75) is 18.4 Å². The third kappa shape index (κ3) is 3.22. The normalized spacial score (nSPS) is 20.1. The number of aryl methyl sites for hydroxylation is 1. The summed E-state index contributed by atoms with van der Waals surface area (Å²) in [7, 11) is -4.87. The summed E-state index contributed by atoms with van der Waals surface area (Å²) >= 11 is 1.44. The SMILES string of the molecule is CNCc1cc(S(=O)(=O)N2CCS(=O)(=O)CC2)c(C)s1. The molecule has 9 heteroatoms. The Labute approximate surface area is 123 Å². The molecule has 0 radical (unpaired) electrons. The monoisotopic (exact) mass is 338 g/mol. The van der Waals surface area contributed by atoms with Crippen LogP contribution in [0, 0.1) is 6.92 Å². The minimum atomic E-state index is -3.59. The average molecular weight is 338 g/mol. The smallest absolute Gasteiger partial charge is 0.244 e. The van der Waals surface area contributed by atoms with Crippen LogP contribution in [0.3, 0.4) is 0 Å². The maximum Gasteiger partial charge on any atom is 0.244 e. The van der Waals surface area contributed by atoms with E-state index in [-0.39, 0.29) is 24.6 Å². The van der Waals surface area contributed by atoms with Gasteiger partial charge in [0.25, 0.3) is 0 Å². The van der Waals surface area contributed by atoms with E-state index in [0.717, 1.165) is 9.75 Å². The fourth-order valence-electron chi connectivity index (χ4n) is 2.12. The van der Waals surface area contributed by atoms with Crippen molar-refractivity contribution in [3.63, 3.8) is 0 Å². The highest BCUT2D eigenvalue weighted by Gasteiger charge is 2.32. The van der Waals surface area contributed by atoms with E-state index in [0.29, 0.717) is 11.4 Å². The second-order valence-corrected chi connectivity index (χ2v) is 10.3. The molecule has 2 rings (SSSR count). The van der Waals surface area contributed by atoms with Crippen molar-refractivity contribution < 1.29 is 16.8 Å². The Balaban J connectivity index is 2.27. The number of hydrogen-bond acceptors (Lipinski definition) is 6. The highest BCUT2D eigenvalue weighted by Crippen LogP contribution is 2.28. The van der Waals surface area contributed by atoms with E-state index < -0.39 is 19.9 Å². The van der Waals surface area contributed by atoms with E-state index in [9.17, 15) is 16.8 Å². The summed E-state index contributed by atoms with van der Waals surface area (Å²) in [5.74, 6) is -0.197. The molecular weight excluding hydrogens is 320 g/mol. The maximum absolute atomic E-state index is 12.6.